The number of carboxylic acid groups (broad SMARTS) is 2. The molecule has 11 heavy (non-hydrogen) atoms. The van der Waals surface area contributed by atoms with Crippen LogP contribution in [0.2, 0.25) is 0 Å². The van der Waals surface area contributed by atoms with Crippen LogP contribution < -0.4 is 0 Å². The van der Waals surface area contributed by atoms with Crippen molar-refractivity contribution in [3.05, 3.63) is 0 Å². The molecule has 10 heteroatoms. The van der Waals surface area contributed by atoms with Crippen LogP contribution in [0.5, 0.6) is 0 Å². The van der Waals surface area contributed by atoms with Crippen molar-refractivity contribution in [2.75, 3.05) is 0 Å². The molecule has 0 atom stereocenters. The second kappa shape index (κ2) is 12.4. The van der Waals surface area contributed by atoms with Crippen LogP contribution in [-0.4, -0.2) is 137 Å². The van der Waals surface area contributed by atoms with Gasteiger partial charge in [0.05, 0.1) is 0 Å². The van der Waals surface area contributed by atoms with E-state index in [4.69, 9.17) is 32.5 Å². The molecule has 4 N–H and O–H groups in total. The summed E-state index contributed by atoms with van der Waals surface area (Å²) in [5, 5.41) is 13.9. The first-order valence-electron chi connectivity index (χ1n) is 1.35. The SMILES string of the molecule is O=C(O)O.O=S(=O)(O)O.[KH].[KH]. The van der Waals surface area contributed by atoms with Crippen LogP contribution in [0.25, 0.3) is 0 Å². The van der Waals surface area contributed by atoms with E-state index in [1.54, 1.807) is 0 Å². The van der Waals surface area contributed by atoms with E-state index in [0.29, 0.717) is 0 Å². The average Bonchev–Trinajstić information content (AvgIpc) is 1.19. The molecule has 0 aliphatic rings. The third kappa shape index (κ3) is 231. The molecule has 0 amide bonds. The van der Waals surface area contributed by atoms with Crippen LogP contribution in [0.3, 0.4) is 0 Å². The van der Waals surface area contributed by atoms with Gasteiger partial charge in [0.25, 0.3) is 0 Å². The van der Waals surface area contributed by atoms with Gasteiger partial charge in [-0.15, -0.1) is 0 Å². The Morgan fingerprint density at radius 2 is 1.00 bits per heavy atom. The molecule has 0 aliphatic carbocycles. The molecular formula is CH6K2O7S. The van der Waals surface area contributed by atoms with Gasteiger partial charge in [-0.2, -0.15) is 8.42 Å². The number of hydrogen-bond donors (Lipinski definition) is 4. The first-order chi connectivity index (χ1) is 3.73. The van der Waals surface area contributed by atoms with Gasteiger partial charge in [-0.1, -0.05) is 0 Å². The van der Waals surface area contributed by atoms with Gasteiger partial charge in [0.2, 0.25) is 0 Å². The van der Waals surface area contributed by atoms with Gasteiger partial charge in [0.1, 0.15) is 0 Å². The Morgan fingerprint density at radius 3 is 1.00 bits per heavy atom. The molecule has 0 bridgehead atoms. The maximum atomic E-state index is 8.74. The third-order valence-corrected chi connectivity index (χ3v) is 0. The van der Waals surface area contributed by atoms with Crippen molar-refractivity contribution in [3.8, 4) is 0 Å². The average molecular weight is 240 g/mol. The molecule has 0 heterocycles. The van der Waals surface area contributed by atoms with E-state index >= 15 is 0 Å². The molecule has 0 saturated heterocycles. The summed E-state index contributed by atoms with van der Waals surface area (Å²) in [6.45, 7) is 0. The second-order valence-electron chi connectivity index (χ2n) is 0.730. The van der Waals surface area contributed by atoms with Crippen molar-refractivity contribution in [1.82, 2.24) is 0 Å². The topological polar surface area (TPSA) is 132 Å². The molecule has 0 aromatic heterocycles. The van der Waals surface area contributed by atoms with Gasteiger partial charge in [0.15, 0.2) is 0 Å². The summed E-state index contributed by atoms with van der Waals surface area (Å²) < 4.78 is 31.6. The minimum absolute atomic E-state index is 0. The van der Waals surface area contributed by atoms with Crippen molar-refractivity contribution in [2.24, 2.45) is 0 Å². The predicted octanol–water partition coefficient (Wildman–Crippen LogP) is -1.73. The fourth-order valence-electron chi connectivity index (χ4n) is 0. The van der Waals surface area contributed by atoms with E-state index in [1.807, 2.05) is 0 Å². The summed E-state index contributed by atoms with van der Waals surface area (Å²) in [5.74, 6) is 0. The fourth-order valence-corrected chi connectivity index (χ4v) is 0. The van der Waals surface area contributed by atoms with Crippen LogP contribution in [0, 0.1) is 0 Å². The van der Waals surface area contributed by atoms with Crippen LogP contribution >= 0.6 is 0 Å². The standard InChI is InChI=1S/CH2O3.2K.H2O4S.2H/c2-1(3)4;;;1-5(2,3)4;;/h(H2,2,3,4);;;(H2,1,2,3,4);;. The Bertz CT molecular complexity index is 159. The van der Waals surface area contributed by atoms with Crippen molar-refractivity contribution >= 4 is 119 Å². The Morgan fingerprint density at radius 1 is 1.00 bits per heavy atom. The van der Waals surface area contributed by atoms with Crippen molar-refractivity contribution in [2.45, 2.75) is 0 Å². The molecule has 7 nitrogen and oxygen atoms in total. The molecule has 0 radical (unpaired) electrons. The monoisotopic (exact) mass is 240 g/mol. The molecule has 60 valence electrons. The number of carbonyl (C=O) groups is 1. The third-order valence-electron chi connectivity index (χ3n) is 0. The summed E-state index contributed by atoms with van der Waals surface area (Å²) in [5.41, 5.74) is 0. The molecule has 0 aromatic carbocycles. The zero-order chi connectivity index (χ0) is 8.08. The summed E-state index contributed by atoms with van der Waals surface area (Å²) in [6.07, 6.45) is -1.83. The van der Waals surface area contributed by atoms with E-state index < -0.39 is 16.6 Å². The molecular weight excluding hydrogens is 234 g/mol. The fraction of sp³-hybridized carbons (Fsp3) is 0. The molecule has 0 unspecified atom stereocenters. The predicted molar refractivity (Wildman–Crippen MR) is 39.1 cm³/mol. The molecule has 0 rings (SSSR count). The molecule has 0 fully saturated rings. The Balaban J connectivity index is -0.0000000383. The summed E-state index contributed by atoms with van der Waals surface area (Å²) in [7, 11) is -4.67. The van der Waals surface area contributed by atoms with E-state index in [9.17, 15) is 0 Å². The van der Waals surface area contributed by atoms with Gasteiger partial charge in [-0.25, -0.2) is 4.79 Å². The van der Waals surface area contributed by atoms with Gasteiger partial charge >= 0.3 is 119 Å². The van der Waals surface area contributed by atoms with E-state index in [2.05, 4.69) is 0 Å². The van der Waals surface area contributed by atoms with Crippen LogP contribution in [0.1, 0.15) is 0 Å². The number of hydrogen-bond acceptors (Lipinski definition) is 3. The summed E-state index contributed by atoms with van der Waals surface area (Å²) in [4.78, 5) is 8.56. The van der Waals surface area contributed by atoms with Gasteiger partial charge in [-0.3, -0.25) is 9.11 Å². The zero-order valence-electron chi connectivity index (χ0n) is 3.92. The zero-order valence-corrected chi connectivity index (χ0v) is 4.74. The van der Waals surface area contributed by atoms with Gasteiger partial charge in [0, 0.05) is 0 Å². The normalized spacial score (nSPS) is 7.45. The first kappa shape index (κ1) is 23.3. The Kier molecular flexibility index (Phi) is 26.3. The van der Waals surface area contributed by atoms with Crippen molar-refractivity contribution < 1.29 is 32.5 Å². The van der Waals surface area contributed by atoms with E-state index in [1.165, 1.54) is 0 Å². The molecule has 0 saturated carbocycles. The minimum atomic E-state index is -4.67. The van der Waals surface area contributed by atoms with Gasteiger partial charge < -0.3 is 10.2 Å². The number of rotatable bonds is 0. The molecule has 0 aliphatic heterocycles. The molecule has 0 aromatic rings. The maximum absolute atomic E-state index is 8.74. The van der Waals surface area contributed by atoms with Crippen LogP contribution in [0.15, 0.2) is 0 Å². The second-order valence-corrected chi connectivity index (χ2v) is 1.63. The van der Waals surface area contributed by atoms with Crippen LogP contribution in [-0.2, 0) is 10.4 Å². The van der Waals surface area contributed by atoms with Crippen molar-refractivity contribution in [3.63, 3.8) is 0 Å². The van der Waals surface area contributed by atoms with Crippen molar-refractivity contribution in [1.29, 1.82) is 0 Å². The quantitative estimate of drug-likeness (QED) is 0.292. The van der Waals surface area contributed by atoms with E-state index in [0.717, 1.165) is 0 Å². The van der Waals surface area contributed by atoms with E-state index in [-0.39, 0.29) is 103 Å². The first-order valence-corrected chi connectivity index (χ1v) is 2.75. The van der Waals surface area contributed by atoms with Crippen LogP contribution in [0.4, 0.5) is 4.79 Å². The Labute approximate surface area is 148 Å². The summed E-state index contributed by atoms with van der Waals surface area (Å²) in [6, 6.07) is 0. The summed E-state index contributed by atoms with van der Waals surface area (Å²) >= 11 is 0. The molecule has 0 spiro atoms. The Hall–Kier alpha value is 2.41. The van der Waals surface area contributed by atoms with Gasteiger partial charge in [-0.05, 0) is 0 Å².